The third-order valence-corrected chi connectivity index (χ3v) is 4.18. The second-order valence-corrected chi connectivity index (χ2v) is 6.86. The van der Waals surface area contributed by atoms with Crippen LogP contribution in [-0.4, -0.2) is 19.9 Å². The smallest absolute Gasteiger partial charge is 0.373 e. The molecule has 2 heterocycles. The lowest BCUT2D eigenvalue weighted by atomic mass is 10.0. The highest BCUT2D eigenvalue weighted by atomic mass is 79.9. The molecule has 0 unspecified atom stereocenters. The zero-order valence-corrected chi connectivity index (χ0v) is 16.2. The van der Waals surface area contributed by atoms with E-state index in [1.54, 1.807) is 30.5 Å². The minimum Gasteiger partial charge on any atom is -0.434 e. The van der Waals surface area contributed by atoms with Crippen LogP contribution in [0.4, 0.5) is 17.3 Å². The number of hydrogen-bond donors (Lipinski definition) is 1. The van der Waals surface area contributed by atoms with Gasteiger partial charge in [-0.05, 0) is 51.7 Å². The zero-order chi connectivity index (χ0) is 19.4. The van der Waals surface area contributed by atoms with E-state index in [-0.39, 0.29) is 17.4 Å². The van der Waals surface area contributed by atoms with Crippen molar-refractivity contribution in [2.45, 2.75) is 19.8 Å². The Morgan fingerprint density at radius 2 is 1.85 bits per heavy atom. The Morgan fingerprint density at radius 3 is 2.44 bits per heavy atom. The van der Waals surface area contributed by atoms with Crippen molar-refractivity contribution in [2.75, 3.05) is 5.32 Å². The maximum Gasteiger partial charge on any atom is 0.373 e. The number of anilines is 2. The summed E-state index contributed by atoms with van der Waals surface area (Å²) in [4.78, 5) is 23.0. The first-order valence-corrected chi connectivity index (χ1v) is 8.89. The largest absolute Gasteiger partial charge is 0.434 e. The fourth-order valence-electron chi connectivity index (χ4n) is 2.30. The van der Waals surface area contributed by atoms with Gasteiger partial charge in [-0.15, -0.1) is 0 Å². The van der Waals surface area contributed by atoms with Crippen molar-refractivity contribution in [3.63, 3.8) is 0 Å². The van der Waals surface area contributed by atoms with Gasteiger partial charge in [0.2, 0.25) is 5.82 Å². The molecule has 0 bridgehead atoms. The maximum atomic E-state index is 11.6. The lowest BCUT2D eigenvalue weighted by molar-refractivity contribution is -0.385. The van der Waals surface area contributed by atoms with Crippen LogP contribution < -0.4 is 10.1 Å². The van der Waals surface area contributed by atoms with Crippen LogP contribution in [-0.2, 0) is 0 Å². The molecule has 8 nitrogen and oxygen atoms in total. The van der Waals surface area contributed by atoms with Crippen LogP contribution in [0, 0.1) is 10.1 Å². The van der Waals surface area contributed by atoms with E-state index in [0.29, 0.717) is 17.5 Å². The highest BCUT2D eigenvalue weighted by Crippen LogP contribution is 2.35. The summed E-state index contributed by atoms with van der Waals surface area (Å²) >= 11 is 3.29. The number of ether oxygens (including phenoxy) is 1. The molecule has 3 aromatic rings. The topological polar surface area (TPSA) is 103 Å². The first kappa shape index (κ1) is 18.7. The highest BCUT2D eigenvalue weighted by molar-refractivity contribution is 9.10. The number of halogens is 1. The van der Waals surface area contributed by atoms with Crippen molar-refractivity contribution in [2.24, 2.45) is 0 Å². The van der Waals surface area contributed by atoms with Crippen molar-refractivity contribution in [3.8, 4) is 11.6 Å². The Hall–Kier alpha value is -3.07. The molecule has 1 aromatic carbocycles. The summed E-state index contributed by atoms with van der Waals surface area (Å²) in [6.45, 7) is 4.17. The van der Waals surface area contributed by atoms with Gasteiger partial charge in [0.25, 0.3) is 0 Å². The summed E-state index contributed by atoms with van der Waals surface area (Å²) in [5.74, 6) is 1.09. The first-order chi connectivity index (χ1) is 12.9. The molecule has 138 valence electrons. The number of nitrogens with zero attached hydrogens (tertiary/aromatic N) is 4. The molecule has 0 aliphatic heterocycles. The van der Waals surface area contributed by atoms with Crippen LogP contribution in [0.1, 0.15) is 25.3 Å². The molecule has 0 amide bonds. The summed E-state index contributed by atoms with van der Waals surface area (Å²) in [6, 6.07) is 10.8. The highest BCUT2D eigenvalue weighted by Gasteiger charge is 2.25. The van der Waals surface area contributed by atoms with E-state index in [9.17, 15) is 10.1 Å². The summed E-state index contributed by atoms with van der Waals surface area (Å²) in [5, 5.41) is 14.4. The van der Waals surface area contributed by atoms with E-state index in [1.165, 1.54) is 6.33 Å². The Morgan fingerprint density at radius 1 is 1.11 bits per heavy atom. The van der Waals surface area contributed by atoms with Gasteiger partial charge in [-0.1, -0.05) is 26.0 Å². The Kier molecular flexibility index (Phi) is 5.60. The van der Waals surface area contributed by atoms with Crippen molar-refractivity contribution < 1.29 is 9.66 Å². The van der Waals surface area contributed by atoms with E-state index < -0.39 is 4.92 Å². The lowest BCUT2D eigenvalue weighted by Crippen LogP contribution is -2.04. The zero-order valence-electron chi connectivity index (χ0n) is 14.6. The Bertz CT molecular complexity index is 946. The van der Waals surface area contributed by atoms with Gasteiger partial charge in [0.15, 0.2) is 0 Å². The number of nitro groups is 1. The lowest BCUT2D eigenvalue weighted by Gasteiger charge is -2.10. The van der Waals surface area contributed by atoms with E-state index >= 15 is 0 Å². The fourth-order valence-corrected chi connectivity index (χ4v) is 2.53. The molecular formula is C18H16BrN5O3. The molecule has 0 saturated heterocycles. The third kappa shape index (κ3) is 4.56. The molecule has 2 aromatic heterocycles. The maximum absolute atomic E-state index is 11.6. The molecule has 0 aliphatic rings. The standard InChI is InChI=1S/C18H16BrN5O3/c1-11(2)12-3-6-14(7-4-12)27-18-16(24(25)26)17(21-10-22-18)23-15-8-5-13(19)9-20-15/h3-11H,1-2H3,(H,20,21,22,23). The Balaban J connectivity index is 1.91. The average Bonchev–Trinajstić information content (AvgIpc) is 2.64. The molecule has 0 aliphatic carbocycles. The minimum absolute atomic E-state index is 0.00127. The van der Waals surface area contributed by atoms with Gasteiger partial charge >= 0.3 is 11.6 Å². The van der Waals surface area contributed by atoms with E-state index in [4.69, 9.17) is 4.74 Å². The van der Waals surface area contributed by atoms with Crippen LogP contribution in [0.15, 0.2) is 53.4 Å². The minimum atomic E-state index is -0.584. The van der Waals surface area contributed by atoms with Crippen LogP contribution in [0.3, 0.4) is 0 Å². The summed E-state index contributed by atoms with van der Waals surface area (Å²) in [7, 11) is 0. The first-order valence-electron chi connectivity index (χ1n) is 8.10. The van der Waals surface area contributed by atoms with Crippen molar-refractivity contribution in [3.05, 3.63) is 69.1 Å². The van der Waals surface area contributed by atoms with Crippen LogP contribution in [0.2, 0.25) is 0 Å². The van der Waals surface area contributed by atoms with Crippen LogP contribution in [0.25, 0.3) is 0 Å². The molecule has 9 heteroatoms. The molecule has 1 N–H and O–H groups in total. The number of benzene rings is 1. The Labute approximate surface area is 163 Å². The van der Waals surface area contributed by atoms with Gasteiger partial charge in [0.05, 0.1) is 4.92 Å². The van der Waals surface area contributed by atoms with Crippen molar-refractivity contribution >= 4 is 33.3 Å². The summed E-state index contributed by atoms with van der Waals surface area (Å²) < 4.78 is 6.43. The molecule has 0 saturated carbocycles. The molecular weight excluding hydrogens is 414 g/mol. The summed E-state index contributed by atoms with van der Waals surface area (Å²) in [6.07, 6.45) is 2.77. The number of rotatable bonds is 6. The predicted octanol–water partition coefficient (Wildman–Crippen LogP) is 5.20. The molecule has 0 atom stereocenters. The molecule has 0 radical (unpaired) electrons. The quantitative estimate of drug-likeness (QED) is 0.423. The molecule has 0 fully saturated rings. The van der Waals surface area contributed by atoms with Gasteiger partial charge in [-0.25, -0.2) is 9.97 Å². The van der Waals surface area contributed by atoms with E-state index in [0.717, 1.165) is 10.0 Å². The van der Waals surface area contributed by atoms with Gasteiger partial charge in [0, 0.05) is 10.7 Å². The van der Waals surface area contributed by atoms with Gasteiger partial charge in [0.1, 0.15) is 17.9 Å². The van der Waals surface area contributed by atoms with Crippen LogP contribution >= 0.6 is 15.9 Å². The SMILES string of the molecule is CC(C)c1ccc(Oc2ncnc(Nc3ccc(Br)cn3)c2[N+](=O)[O-])cc1. The third-order valence-electron chi connectivity index (χ3n) is 3.71. The number of nitrogens with one attached hydrogen (secondary N) is 1. The van der Waals surface area contributed by atoms with Crippen LogP contribution in [0.5, 0.6) is 11.6 Å². The second-order valence-electron chi connectivity index (χ2n) is 5.95. The second kappa shape index (κ2) is 8.09. The van der Waals surface area contributed by atoms with E-state index in [1.807, 2.05) is 12.1 Å². The molecule has 3 rings (SSSR count). The van der Waals surface area contributed by atoms with Gasteiger partial charge < -0.3 is 10.1 Å². The monoisotopic (exact) mass is 429 g/mol. The molecule has 27 heavy (non-hydrogen) atoms. The molecule has 0 spiro atoms. The van der Waals surface area contributed by atoms with Gasteiger partial charge in [-0.3, -0.25) is 10.1 Å². The predicted molar refractivity (Wildman–Crippen MR) is 105 cm³/mol. The fraction of sp³-hybridized carbons (Fsp3) is 0.167. The van der Waals surface area contributed by atoms with Crippen molar-refractivity contribution in [1.82, 2.24) is 15.0 Å². The normalized spacial score (nSPS) is 10.7. The van der Waals surface area contributed by atoms with Gasteiger partial charge in [-0.2, -0.15) is 4.98 Å². The number of hydrogen-bond acceptors (Lipinski definition) is 7. The number of pyridine rings is 1. The summed E-state index contributed by atoms with van der Waals surface area (Å²) in [5.41, 5.74) is 0.776. The van der Waals surface area contributed by atoms with E-state index in [2.05, 4.69) is 50.0 Å². The number of aromatic nitrogens is 3. The average molecular weight is 430 g/mol. The van der Waals surface area contributed by atoms with Crippen molar-refractivity contribution in [1.29, 1.82) is 0 Å².